The molecule has 106 valence electrons. The fourth-order valence-electron chi connectivity index (χ4n) is 0.774. The number of carbonyl (C=O) groups excluding carboxylic acids is 2. The van der Waals surface area contributed by atoms with Crippen molar-refractivity contribution in [1.29, 1.82) is 0 Å². The van der Waals surface area contributed by atoms with Crippen LogP contribution in [-0.2, 0) is 9.59 Å². The summed E-state index contributed by atoms with van der Waals surface area (Å²) in [6, 6.07) is 0. The van der Waals surface area contributed by atoms with E-state index in [-0.39, 0.29) is 11.8 Å². The number of amides is 2. The van der Waals surface area contributed by atoms with Crippen LogP contribution in [-0.4, -0.2) is 24.9 Å². The minimum Gasteiger partial charge on any atom is -0.355 e. The van der Waals surface area contributed by atoms with Gasteiger partial charge in [0.15, 0.2) is 0 Å². The fourth-order valence-corrected chi connectivity index (χ4v) is 0.774. The van der Waals surface area contributed by atoms with Crippen molar-refractivity contribution in [2.24, 2.45) is 0 Å². The Morgan fingerprint density at radius 1 is 0.833 bits per heavy atom. The van der Waals surface area contributed by atoms with Gasteiger partial charge in [-0.15, -0.1) is 0 Å². The third-order valence-corrected chi connectivity index (χ3v) is 2.38. The quantitative estimate of drug-likeness (QED) is 0.586. The largest absolute Gasteiger partial charge is 0.355 e. The third-order valence-electron chi connectivity index (χ3n) is 2.38. The van der Waals surface area contributed by atoms with Gasteiger partial charge in [-0.05, 0) is 20.8 Å². The first-order valence-electron chi connectivity index (χ1n) is 6.53. The molecule has 0 saturated carbocycles. The zero-order chi connectivity index (χ0) is 14.6. The van der Waals surface area contributed by atoms with Crippen molar-refractivity contribution in [3.63, 3.8) is 0 Å². The molecule has 4 heteroatoms. The number of hydrogen-bond acceptors (Lipinski definition) is 2. The summed E-state index contributed by atoms with van der Waals surface area (Å²) >= 11 is 0. The van der Waals surface area contributed by atoms with E-state index < -0.39 is 0 Å². The molecule has 0 aliphatic heterocycles. The minimum absolute atomic E-state index is 0.0737. The SMILES string of the molecule is CC(=O)NCCNC(=O)C(C)=C(C)C.CCCC. The van der Waals surface area contributed by atoms with Crippen LogP contribution in [0.2, 0.25) is 0 Å². The second kappa shape index (κ2) is 12.1. The van der Waals surface area contributed by atoms with Crippen LogP contribution >= 0.6 is 0 Å². The van der Waals surface area contributed by atoms with Crippen LogP contribution in [0.3, 0.4) is 0 Å². The van der Waals surface area contributed by atoms with E-state index in [2.05, 4.69) is 24.5 Å². The molecule has 0 saturated heterocycles. The Kier molecular flexibility index (Phi) is 12.8. The lowest BCUT2D eigenvalue weighted by Crippen LogP contribution is -2.34. The Morgan fingerprint density at radius 3 is 1.61 bits per heavy atom. The predicted octanol–water partition coefficient (Wildman–Crippen LogP) is 2.40. The summed E-state index contributed by atoms with van der Waals surface area (Å²) in [7, 11) is 0. The molecule has 0 aromatic carbocycles. The van der Waals surface area contributed by atoms with Crippen molar-refractivity contribution in [1.82, 2.24) is 10.6 Å². The van der Waals surface area contributed by atoms with Crippen molar-refractivity contribution in [2.45, 2.75) is 54.4 Å². The maximum atomic E-state index is 11.3. The van der Waals surface area contributed by atoms with E-state index in [1.54, 1.807) is 6.92 Å². The Morgan fingerprint density at radius 2 is 1.28 bits per heavy atom. The summed E-state index contributed by atoms with van der Waals surface area (Å²) in [6.07, 6.45) is 2.64. The van der Waals surface area contributed by atoms with Crippen LogP contribution in [0.15, 0.2) is 11.1 Å². The summed E-state index contributed by atoms with van der Waals surface area (Å²) < 4.78 is 0. The molecule has 0 aliphatic carbocycles. The molecule has 0 aromatic rings. The summed E-state index contributed by atoms with van der Waals surface area (Å²) in [5, 5.41) is 5.31. The van der Waals surface area contributed by atoms with Crippen molar-refractivity contribution >= 4 is 11.8 Å². The fraction of sp³-hybridized carbons (Fsp3) is 0.714. The van der Waals surface area contributed by atoms with Gasteiger partial charge in [0.2, 0.25) is 11.8 Å². The summed E-state index contributed by atoms with van der Waals surface area (Å²) in [5.74, 6) is -0.159. The van der Waals surface area contributed by atoms with E-state index in [1.807, 2.05) is 13.8 Å². The molecule has 0 aromatic heterocycles. The molecule has 2 amide bonds. The number of rotatable bonds is 5. The Labute approximate surface area is 111 Å². The van der Waals surface area contributed by atoms with Gasteiger partial charge in [-0.1, -0.05) is 32.3 Å². The first kappa shape index (κ1) is 19.0. The zero-order valence-corrected chi connectivity index (χ0v) is 12.6. The molecule has 0 spiro atoms. The van der Waals surface area contributed by atoms with Crippen LogP contribution in [0.4, 0.5) is 0 Å². The molecule has 2 N–H and O–H groups in total. The number of allylic oxidation sites excluding steroid dienone is 1. The molecule has 0 atom stereocenters. The maximum absolute atomic E-state index is 11.3. The lowest BCUT2D eigenvalue weighted by atomic mass is 10.1. The van der Waals surface area contributed by atoms with Crippen LogP contribution in [0.1, 0.15) is 54.4 Å². The van der Waals surface area contributed by atoms with Gasteiger partial charge in [-0.2, -0.15) is 0 Å². The van der Waals surface area contributed by atoms with E-state index in [1.165, 1.54) is 19.8 Å². The van der Waals surface area contributed by atoms with Gasteiger partial charge in [-0.3, -0.25) is 9.59 Å². The van der Waals surface area contributed by atoms with E-state index in [0.717, 1.165) is 11.1 Å². The summed E-state index contributed by atoms with van der Waals surface area (Å²) in [4.78, 5) is 21.8. The van der Waals surface area contributed by atoms with Crippen molar-refractivity contribution < 1.29 is 9.59 Å². The zero-order valence-electron chi connectivity index (χ0n) is 12.6. The third kappa shape index (κ3) is 12.7. The molecule has 0 fully saturated rings. The Hall–Kier alpha value is -1.32. The second-order valence-electron chi connectivity index (χ2n) is 4.36. The molecule has 18 heavy (non-hydrogen) atoms. The number of nitrogens with one attached hydrogen (secondary N) is 2. The smallest absolute Gasteiger partial charge is 0.246 e. The maximum Gasteiger partial charge on any atom is 0.246 e. The van der Waals surface area contributed by atoms with Gasteiger partial charge >= 0.3 is 0 Å². The van der Waals surface area contributed by atoms with E-state index in [9.17, 15) is 9.59 Å². The first-order chi connectivity index (χ1) is 8.36. The van der Waals surface area contributed by atoms with Crippen molar-refractivity contribution in [3.8, 4) is 0 Å². The van der Waals surface area contributed by atoms with Crippen LogP contribution in [0, 0.1) is 0 Å². The Balaban J connectivity index is 0. The number of hydrogen-bond donors (Lipinski definition) is 2. The van der Waals surface area contributed by atoms with Gasteiger partial charge in [0, 0.05) is 25.6 Å². The van der Waals surface area contributed by atoms with Gasteiger partial charge in [0.1, 0.15) is 0 Å². The second-order valence-corrected chi connectivity index (χ2v) is 4.36. The van der Waals surface area contributed by atoms with Crippen molar-refractivity contribution in [3.05, 3.63) is 11.1 Å². The average Bonchev–Trinajstić information content (AvgIpc) is 2.33. The monoisotopic (exact) mass is 256 g/mol. The lowest BCUT2D eigenvalue weighted by Gasteiger charge is -2.06. The Bertz CT molecular complexity index is 278. The molecule has 0 radical (unpaired) electrons. The average molecular weight is 256 g/mol. The van der Waals surface area contributed by atoms with Crippen LogP contribution < -0.4 is 10.6 Å². The van der Waals surface area contributed by atoms with Gasteiger partial charge in [0.05, 0.1) is 0 Å². The normalized spacial score (nSPS) is 8.78. The van der Waals surface area contributed by atoms with Gasteiger partial charge in [-0.25, -0.2) is 0 Å². The molecular weight excluding hydrogens is 228 g/mol. The van der Waals surface area contributed by atoms with E-state index >= 15 is 0 Å². The summed E-state index contributed by atoms with van der Waals surface area (Å²) in [6.45, 7) is 12.3. The van der Waals surface area contributed by atoms with E-state index in [0.29, 0.717) is 13.1 Å². The highest BCUT2D eigenvalue weighted by Gasteiger charge is 2.03. The molecule has 4 nitrogen and oxygen atoms in total. The minimum atomic E-state index is -0.0850. The van der Waals surface area contributed by atoms with Crippen LogP contribution in [0.25, 0.3) is 0 Å². The predicted molar refractivity (Wildman–Crippen MR) is 76.3 cm³/mol. The molecule has 0 bridgehead atoms. The van der Waals surface area contributed by atoms with E-state index in [4.69, 9.17) is 0 Å². The first-order valence-corrected chi connectivity index (χ1v) is 6.53. The van der Waals surface area contributed by atoms with Crippen LogP contribution in [0.5, 0.6) is 0 Å². The topological polar surface area (TPSA) is 58.2 Å². The van der Waals surface area contributed by atoms with Gasteiger partial charge in [0.25, 0.3) is 0 Å². The molecule has 0 unspecified atom stereocenters. The van der Waals surface area contributed by atoms with Crippen molar-refractivity contribution in [2.75, 3.05) is 13.1 Å². The molecule has 0 heterocycles. The number of unbranched alkanes of at least 4 members (excludes halogenated alkanes) is 1. The summed E-state index contributed by atoms with van der Waals surface area (Å²) in [5.41, 5.74) is 1.73. The highest BCUT2D eigenvalue weighted by atomic mass is 16.2. The molecule has 0 aliphatic rings. The highest BCUT2D eigenvalue weighted by Crippen LogP contribution is 2.00. The molecule has 0 rings (SSSR count). The molecular formula is C14H28N2O2. The standard InChI is InChI=1S/C10H18N2O2.C4H10/c1-7(2)8(3)10(14)12-6-5-11-9(4)13;1-3-4-2/h5-6H2,1-4H3,(H,11,13)(H,12,14);3-4H2,1-2H3. The van der Waals surface area contributed by atoms with Gasteiger partial charge < -0.3 is 10.6 Å². The highest BCUT2D eigenvalue weighted by molar-refractivity contribution is 5.93. The number of carbonyl (C=O) groups is 2. The lowest BCUT2D eigenvalue weighted by molar-refractivity contribution is -0.120.